The number of aromatic nitrogens is 2. The summed E-state index contributed by atoms with van der Waals surface area (Å²) >= 11 is 1.35. The summed E-state index contributed by atoms with van der Waals surface area (Å²) in [7, 11) is -0.680. The lowest BCUT2D eigenvalue weighted by atomic mass is 10.3. The lowest BCUT2D eigenvalue weighted by Crippen LogP contribution is -2.49. The number of hydrogen-bond donors (Lipinski definition) is 0. The van der Waals surface area contributed by atoms with E-state index in [1.165, 1.54) is 27.9 Å². The molecule has 9 nitrogen and oxygen atoms in total. The SMILES string of the molecule is COc1ccc(Sc2c(N3CCN(S(=O)(=O)c4ccccc4OC)CC3)cnn(-c3ccccc3)c2=O)cc1. The summed E-state index contributed by atoms with van der Waals surface area (Å²) < 4.78 is 40.1. The van der Waals surface area contributed by atoms with Crippen molar-refractivity contribution in [1.29, 1.82) is 0 Å². The minimum atomic E-state index is -3.74. The first-order chi connectivity index (χ1) is 18.9. The highest BCUT2D eigenvalue weighted by Crippen LogP contribution is 2.35. The van der Waals surface area contributed by atoms with E-state index < -0.39 is 10.0 Å². The van der Waals surface area contributed by atoms with Gasteiger partial charge in [0, 0.05) is 31.1 Å². The largest absolute Gasteiger partial charge is 0.497 e. The molecule has 0 saturated carbocycles. The number of sulfonamides is 1. The first-order valence-corrected chi connectivity index (χ1v) is 14.6. The summed E-state index contributed by atoms with van der Waals surface area (Å²) in [5, 5.41) is 4.47. The van der Waals surface area contributed by atoms with Gasteiger partial charge in [-0.2, -0.15) is 14.1 Å². The first-order valence-electron chi connectivity index (χ1n) is 12.3. The number of rotatable bonds is 8. The molecule has 4 aromatic rings. The van der Waals surface area contributed by atoms with Crippen LogP contribution in [0.1, 0.15) is 0 Å². The number of piperazine rings is 1. The Morgan fingerprint density at radius 2 is 1.49 bits per heavy atom. The van der Waals surface area contributed by atoms with Crippen LogP contribution < -0.4 is 19.9 Å². The highest BCUT2D eigenvalue weighted by molar-refractivity contribution is 7.99. The molecule has 0 spiro atoms. The highest BCUT2D eigenvalue weighted by Gasteiger charge is 2.32. The fourth-order valence-electron chi connectivity index (χ4n) is 4.41. The van der Waals surface area contributed by atoms with E-state index in [0.717, 1.165) is 10.6 Å². The van der Waals surface area contributed by atoms with Crippen LogP contribution in [-0.4, -0.2) is 62.9 Å². The van der Waals surface area contributed by atoms with Crippen molar-refractivity contribution in [2.75, 3.05) is 45.3 Å². The molecular weight excluding hydrogens is 536 g/mol. The molecule has 1 aromatic heterocycles. The molecule has 11 heteroatoms. The van der Waals surface area contributed by atoms with E-state index in [2.05, 4.69) is 5.10 Å². The maximum Gasteiger partial charge on any atom is 0.287 e. The van der Waals surface area contributed by atoms with Gasteiger partial charge in [-0.1, -0.05) is 42.1 Å². The molecule has 3 aromatic carbocycles. The van der Waals surface area contributed by atoms with Crippen molar-refractivity contribution in [1.82, 2.24) is 14.1 Å². The van der Waals surface area contributed by atoms with E-state index in [4.69, 9.17) is 9.47 Å². The van der Waals surface area contributed by atoms with Crippen molar-refractivity contribution in [2.24, 2.45) is 0 Å². The minimum absolute atomic E-state index is 0.142. The van der Waals surface area contributed by atoms with Gasteiger partial charge in [-0.15, -0.1) is 0 Å². The molecule has 0 bridgehead atoms. The van der Waals surface area contributed by atoms with Gasteiger partial charge in [-0.25, -0.2) is 8.42 Å². The second-order valence-corrected chi connectivity index (χ2v) is 11.7. The Kier molecular flexibility index (Phi) is 7.92. The second-order valence-electron chi connectivity index (χ2n) is 8.73. The van der Waals surface area contributed by atoms with Gasteiger partial charge in [0.05, 0.1) is 31.8 Å². The smallest absolute Gasteiger partial charge is 0.287 e. The molecule has 0 amide bonds. The Bertz CT molecular complexity index is 1600. The molecule has 39 heavy (non-hydrogen) atoms. The van der Waals surface area contributed by atoms with Crippen molar-refractivity contribution in [3.05, 3.63) is 95.4 Å². The maximum absolute atomic E-state index is 13.7. The van der Waals surface area contributed by atoms with E-state index in [1.54, 1.807) is 37.6 Å². The van der Waals surface area contributed by atoms with Gasteiger partial charge in [0.15, 0.2) is 0 Å². The van der Waals surface area contributed by atoms with Crippen LogP contribution >= 0.6 is 11.8 Å². The van der Waals surface area contributed by atoms with Crippen LogP contribution in [0.3, 0.4) is 0 Å². The summed E-state index contributed by atoms with van der Waals surface area (Å²) in [5.41, 5.74) is 1.09. The average Bonchev–Trinajstić information content (AvgIpc) is 2.99. The standard InChI is InChI=1S/C28H28N4O5S2/c1-36-22-12-14-23(15-13-22)38-27-24(20-29-32(28(27)33)21-8-4-3-5-9-21)30-16-18-31(19-17-30)39(34,35)26-11-7-6-10-25(26)37-2/h3-15,20H,16-19H2,1-2H3. The van der Waals surface area contributed by atoms with Crippen molar-refractivity contribution >= 4 is 27.5 Å². The fraction of sp³-hybridized carbons (Fsp3) is 0.214. The van der Waals surface area contributed by atoms with Gasteiger partial charge in [0.1, 0.15) is 21.3 Å². The highest BCUT2D eigenvalue weighted by atomic mass is 32.2. The van der Waals surface area contributed by atoms with Gasteiger partial charge in [0.25, 0.3) is 5.56 Å². The Morgan fingerprint density at radius 3 is 2.15 bits per heavy atom. The zero-order chi connectivity index (χ0) is 27.4. The normalized spacial score (nSPS) is 14.3. The molecule has 1 aliphatic rings. The summed E-state index contributed by atoms with van der Waals surface area (Å²) in [6.07, 6.45) is 1.69. The molecule has 0 atom stereocenters. The predicted octanol–water partition coefficient (Wildman–Crippen LogP) is 3.91. The van der Waals surface area contributed by atoms with Crippen molar-refractivity contribution in [3.63, 3.8) is 0 Å². The predicted molar refractivity (Wildman–Crippen MR) is 151 cm³/mol. The van der Waals surface area contributed by atoms with E-state index in [0.29, 0.717) is 35.1 Å². The van der Waals surface area contributed by atoms with E-state index in [9.17, 15) is 13.2 Å². The topological polar surface area (TPSA) is 94.0 Å². The number of ether oxygens (including phenoxy) is 2. The van der Waals surface area contributed by atoms with E-state index in [-0.39, 0.29) is 23.5 Å². The molecule has 0 radical (unpaired) electrons. The monoisotopic (exact) mass is 564 g/mol. The molecule has 1 aliphatic heterocycles. The van der Waals surface area contributed by atoms with Crippen LogP contribution in [0, 0.1) is 0 Å². The van der Waals surface area contributed by atoms with Crippen LogP contribution in [0.25, 0.3) is 5.69 Å². The van der Waals surface area contributed by atoms with Crippen molar-refractivity contribution < 1.29 is 17.9 Å². The Morgan fingerprint density at radius 1 is 0.821 bits per heavy atom. The van der Waals surface area contributed by atoms with Crippen LogP contribution in [0.4, 0.5) is 5.69 Å². The first kappa shape index (κ1) is 26.8. The van der Waals surface area contributed by atoms with Gasteiger partial charge < -0.3 is 14.4 Å². The Balaban J connectivity index is 1.45. The van der Waals surface area contributed by atoms with Crippen LogP contribution in [0.5, 0.6) is 11.5 Å². The number of methoxy groups -OCH3 is 2. The minimum Gasteiger partial charge on any atom is -0.497 e. The van der Waals surface area contributed by atoms with Gasteiger partial charge >= 0.3 is 0 Å². The summed E-state index contributed by atoms with van der Waals surface area (Å²) in [6, 6.07) is 23.4. The van der Waals surface area contributed by atoms with Crippen molar-refractivity contribution in [3.8, 4) is 17.2 Å². The lowest BCUT2D eigenvalue weighted by molar-refractivity contribution is 0.373. The Hall–Kier alpha value is -3.80. The molecule has 0 aliphatic carbocycles. The average molecular weight is 565 g/mol. The molecule has 202 valence electrons. The Labute approximate surface area is 231 Å². The van der Waals surface area contributed by atoms with Crippen molar-refractivity contribution in [2.45, 2.75) is 14.7 Å². The number of benzene rings is 3. The number of hydrogen-bond acceptors (Lipinski definition) is 8. The molecule has 1 fully saturated rings. The third-order valence-electron chi connectivity index (χ3n) is 6.46. The summed E-state index contributed by atoms with van der Waals surface area (Å²) in [4.78, 5) is 17.3. The quantitative estimate of drug-likeness (QED) is 0.318. The zero-order valence-electron chi connectivity index (χ0n) is 21.6. The van der Waals surface area contributed by atoms with Gasteiger partial charge in [-0.3, -0.25) is 4.79 Å². The molecular formula is C28H28N4O5S2. The van der Waals surface area contributed by atoms with Gasteiger partial charge in [0.2, 0.25) is 10.0 Å². The molecule has 0 unspecified atom stereocenters. The van der Waals surface area contributed by atoms with E-state index >= 15 is 0 Å². The number of nitrogens with zero attached hydrogens (tertiary/aromatic N) is 4. The molecule has 2 heterocycles. The molecule has 0 N–H and O–H groups in total. The zero-order valence-corrected chi connectivity index (χ0v) is 23.2. The summed E-state index contributed by atoms with van der Waals surface area (Å²) in [6.45, 7) is 1.33. The number of anilines is 1. The maximum atomic E-state index is 13.7. The third-order valence-corrected chi connectivity index (χ3v) is 9.49. The van der Waals surface area contributed by atoms with Crippen LogP contribution in [-0.2, 0) is 10.0 Å². The third kappa shape index (κ3) is 5.51. The molecule has 5 rings (SSSR count). The second kappa shape index (κ2) is 11.5. The lowest BCUT2D eigenvalue weighted by Gasteiger charge is -2.36. The fourth-order valence-corrected chi connectivity index (χ4v) is 6.95. The number of para-hydroxylation sites is 2. The molecule has 1 saturated heterocycles. The van der Waals surface area contributed by atoms with E-state index in [1.807, 2.05) is 59.5 Å². The summed E-state index contributed by atoms with van der Waals surface area (Å²) in [5.74, 6) is 1.04. The van der Waals surface area contributed by atoms with Crippen LogP contribution in [0.15, 0.2) is 105 Å². The van der Waals surface area contributed by atoms with Gasteiger partial charge in [-0.05, 0) is 48.5 Å². The van der Waals surface area contributed by atoms with Crippen LogP contribution in [0.2, 0.25) is 0 Å².